The highest BCUT2D eigenvalue weighted by Gasteiger charge is 2.42. The van der Waals surface area contributed by atoms with Crippen molar-refractivity contribution in [1.82, 2.24) is 14.9 Å². The molecule has 0 aromatic heterocycles. The molecule has 0 bridgehead atoms. The van der Waals surface area contributed by atoms with Crippen LogP contribution in [0.5, 0.6) is 0 Å². The van der Waals surface area contributed by atoms with Crippen molar-refractivity contribution in [2.45, 2.75) is 58.0 Å². The number of amides is 1. The highest BCUT2D eigenvalue weighted by Crippen LogP contribution is 2.25. The summed E-state index contributed by atoms with van der Waals surface area (Å²) in [7, 11) is -3.45. The summed E-state index contributed by atoms with van der Waals surface area (Å²) >= 11 is 0. The van der Waals surface area contributed by atoms with E-state index in [1.165, 1.54) is 0 Å². The molecule has 2 heterocycles. The van der Waals surface area contributed by atoms with E-state index in [1.54, 1.807) is 0 Å². The fourth-order valence-corrected chi connectivity index (χ4v) is 5.02. The Bertz CT molecular complexity index is 544. The Kier molecular flexibility index (Phi) is 7.25. The van der Waals surface area contributed by atoms with Gasteiger partial charge in [0.1, 0.15) is 6.04 Å². The Morgan fingerprint density at radius 2 is 2.04 bits per heavy atom. The van der Waals surface area contributed by atoms with Crippen LogP contribution in [0.2, 0.25) is 0 Å². The molecule has 1 spiro atoms. The van der Waals surface area contributed by atoms with Crippen LogP contribution in [-0.4, -0.2) is 69.4 Å². The Morgan fingerprint density at radius 3 is 2.64 bits per heavy atom. The quantitative estimate of drug-likeness (QED) is 0.684. The van der Waals surface area contributed by atoms with Crippen LogP contribution < -0.4 is 10.0 Å². The van der Waals surface area contributed by atoms with E-state index < -0.39 is 16.1 Å². The van der Waals surface area contributed by atoms with Gasteiger partial charge in [-0.05, 0) is 25.2 Å². The van der Waals surface area contributed by atoms with Crippen molar-refractivity contribution in [3.63, 3.8) is 0 Å². The van der Waals surface area contributed by atoms with Crippen LogP contribution in [0.3, 0.4) is 0 Å². The Labute approximate surface area is 151 Å². The molecule has 2 N–H and O–H groups in total. The predicted molar refractivity (Wildman–Crippen MR) is 97.8 cm³/mol. The SMILES string of the molecule is CCCCS(=O)(=O)NC1CN(CC(C)C)CC2(CCOCC2)NC1=O. The molecule has 25 heavy (non-hydrogen) atoms. The van der Waals surface area contributed by atoms with E-state index in [1.807, 2.05) is 6.92 Å². The number of carbonyl (C=O) groups is 1. The number of carbonyl (C=O) groups excluding carboxylic acids is 1. The van der Waals surface area contributed by atoms with Gasteiger partial charge >= 0.3 is 0 Å². The van der Waals surface area contributed by atoms with Crippen molar-refractivity contribution in [2.75, 3.05) is 38.6 Å². The number of sulfonamides is 1. The molecule has 1 amide bonds. The third kappa shape index (κ3) is 6.20. The van der Waals surface area contributed by atoms with Gasteiger partial charge in [0.2, 0.25) is 15.9 Å². The van der Waals surface area contributed by atoms with E-state index in [9.17, 15) is 13.2 Å². The number of rotatable bonds is 7. The second-order valence-electron chi connectivity index (χ2n) is 7.81. The molecule has 0 radical (unpaired) electrons. The van der Waals surface area contributed by atoms with Gasteiger partial charge in [0.15, 0.2) is 0 Å². The third-order valence-electron chi connectivity index (χ3n) is 4.83. The Hall–Kier alpha value is -0.700. The molecule has 0 aromatic carbocycles. The average Bonchev–Trinajstić information content (AvgIpc) is 2.62. The van der Waals surface area contributed by atoms with E-state index in [-0.39, 0.29) is 17.2 Å². The molecule has 2 rings (SSSR count). The van der Waals surface area contributed by atoms with Gasteiger partial charge in [-0.15, -0.1) is 0 Å². The number of hydrogen-bond acceptors (Lipinski definition) is 5. The highest BCUT2D eigenvalue weighted by molar-refractivity contribution is 7.89. The first kappa shape index (κ1) is 20.6. The molecule has 1 atom stereocenters. The zero-order valence-corrected chi connectivity index (χ0v) is 16.5. The lowest BCUT2D eigenvalue weighted by Crippen LogP contribution is -2.57. The van der Waals surface area contributed by atoms with Crippen LogP contribution in [0.1, 0.15) is 46.5 Å². The van der Waals surface area contributed by atoms with Crippen molar-refractivity contribution < 1.29 is 17.9 Å². The minimum Gasteiger partial charge on any atom is -0.381 e. The highest BCUT2D eigenvalue weighted by atomic mass is 32.2. The van der Waals surface area contributed by atoms with E-state index in [0.29, 0.717) is 32.1 Å². The molecule has 2 aliphatic heterocycles. The Morgan fingerprint density at radius 1 is 1.36 bits per heavy atom. The molecule has 2 fully saturated rings. The molecule has 0 aromatic rings. The van der Waals surface area contributed by atoms with Gasteiger partial charge in [-0.2, -0.15) is 0 Å². The summed E-state index contributed by atoms with van der Waals surface area (Å²) in [6.45, 7) is 9.48. The van der Waals surface area contributed by atoms with Crippen LogP contribution in [0.4, 0.5) is 0 Å². The zero-order valence-electron chi connectivity index (χ0n) is 15.7. The van der Waals surface area contributed by atoms with Crippen molar-refractivity contribution in [2.24, 2.45) is 5.92 Å². The summed E-state index contributed by atoms with van der Waals surface area (Å²) < 4.78 is 32.7. The van der Waals surface area contributed by atoms with Crippen LogP contribution in [-0.2, 0) is 19.6 Å². The largest absolute Gasteiger partial charge is 0.381 e. The number of nitrogens with zero attached hydrogens (tertiary/aromatic N) is 1. The van der Waals surface area contributed by atoms with E-state index in [0.717, 1.165) is 32.4 Å². The fraction of sp³-hybridized carbons (Fsp3) is 0.941. The predicted octanol–water partition coefficient (Wildman–Crippen LogP) is 0.712. The molecule has 7 nitrogen and oxygen atoms in total. The van der Waals surface area contributed by atoms with Gasteiger partial charge in [-0.3, -0.25) is 9.69 Å². The van der Waals surface area contributed by atoms with Gasteiger partial charge in [-0.1, -0.05) is 27.2 Å². The van der Waals surface area contributed by atoms with Gasteiger partial charge in [0.25, 0.3) is 0 Å². The Balaban J connectivity index is 2.15. The van der Waals surface area contributed by atoms with Crippen LogP contribution in [0.25, 0.3) is 0 Å². The first-order chi connectivity index (χ1) is 11.8. The van der Waals surface area contributed by atoms with Crippen molar-refractivity contribution in [1.29, 1.82) is 0 Å². The minimum absolute atomic E-state index is 0.0659. The summed E-state index contributed by atoms with van der Waals surface area (Å²) in [5, 5.41) is 3.14. The summed E-state index contributed by atoms with van der Waals surface area (Å²) in [5.41, 5.74) is -0.312. The van der Waals surface area contributed by atoms with E-state index in [4.69, 9.17) is 4.74 Å². The van der Waals surface area contributed by atoms with E-state index >= 15 is 0 Å². The third-order valence-corrected chi connectivity index (χ3v) is 6.30. The molecule has 8 heteroatoms. The second kappa shape index (κ2) is 8.79. The number of hydrogen-bond donors (Lipinski definition) is 2. The lowest BCUT2D eigenvalue weighted by atomic mass is 9.89. The van der Waals surface area contributed by atoms with Gasteiger partial charge in [0.05, 0.1) is 11.3 Å². The standard InChI is InChI=1S/C17H33N3O4S/c1-4-5-10-25(22,23)19-15-12-20(11-14(2)3)13-17(18-16(15)21)6-8-24-9-7-17/h14-15,19H,4-13H2,1-3H3,(H,18,21). The number of nitrogens with one attached hydrogen (secondary N) is 2. The van der Waals surface area contributed by atoms with Gasteiger partial charge < -0.3 is 10.1 Å². The first-order valence-corrected chi connectivity index (χ1v) is 11.0. The van der Waals surface area contributed by atoms with Crippen LogP contribution in [0, 0.1) is 5.92 Å². The van der Waals surface area contributed by atoms with Crippen LogP contribution >= 0.6 is 0 Å². The number of unbranched alkanes of at least 4 members (excludes halogenated alkanes) is 1. The topological polar surface area (TPSA) is 87.7 Å². The van der Waals surface area contributed by atoms with E-state index in [2.05, 4.69) is 28.8 Å². The fourth-order valence-electron chi connectivity index (χ4n) is 3.62. The summed E-state index contributed by atoms with van der Waals surface area (Å²) in [5.74, 6) is 0.298. The lowest BCUT2D eigenvalue weighted by molar-refractivity contribution is -0.124. The summed E-state index contributed by atoms with van der Waals surface area (Å²) in [6, 6.07) is -0.733. The van der Waals surface area contributed by atoms with Gasteiger partial charge in [-0.25, -0.2) is 13.1 Å². The molecule has 0 aliphatic carbocycles. The second-order valence-corrected chi connectivity index (χ2v) is 9.69. The summed E-state index contributed by atoms with van der Waals surface area (Å²) in [4.78, 5) is 15.0. The molecule has 2 aliphatic rings. The molecular formula is C17H33N3O4S. The number of ether oxygens (including phenoxy) is 1. The van der Waals surface area contributed by atoms with Crippen molar-refractivity contribution in [3.8, 4) is 0 Å². The smallest absolute Gasteiger partial charge is 0.239 e. The average molecular weight is 376 g/mol. The molecule has 146 valence electrons. The van der Waals surface area contributed by atoms with Crippen molar-refractivity contribution >= 4 is 15.9 Å². The maximum Gasteiger partial charge on any atom is 0.239 e. The first-order valence-electron chi connectivity index (χ1n) is 9.37. The van der Waals surface area contributed by atoms with Gasteiger partial charge in [0, 0.05) is 32.8 Å². The maximum absolute atomic E-state index is 12.8. The molecule has 0 saturated carbocycles. The van der Waals surface area contributed by atoms with Crippen LogP contribution in [0.15, 0.2) is 0 Å². The summed E-state index contributed by atoms with van der Waals surface area (Å²) in [6.07, 6.45) is 2.94. The lowest BCUT2D eigenvalue weighted by Gasteiger charge is -2.39. The molecule has 1 unspecified atom stereocenters. The van der Waals surface area contributed by atoms with Crippen molar-refractivity contribution in [3.05, 3.63) is 0 Å². The minimum atomic E-state index is -3.45. The maximum atomic E-state index is 12.8. The normalized spacial score (nSPS) is 25.1. The molecular weight excluding hydrogens is 342 g/mol. The molecule has 2 saturated heterocycles. The monoisotopic (exact) mass is 375 g/mol. The zero-order chi connectivity index (χ0) is 18.5.